The average Bonchev–Trinajstić information content (AvgIpc) is 2.00. The van der Waals surface area contributed by atoms with Gasteiger partial charge in [-0.15, -0.1) is 0 Å². The summed E-state index contributed by atoms with van der Waals surface area (Å²) in [6.07, 6.45) is 0. The third-order valence-corrected chi connectivity index (χ3v) is 2.00. The fraction of sp³-hybridized carbons (Fsp3) is 0.500. The molecule has 0 heterocycles. The first kappa shape index (κ1) is 9.90. The summed E-state index contributed by atoms with van der Waals surface area (Å²) in [5, 5.41) is 1.19. The number of carbonyl (C=O) groups is 1. The Hall–Kier alpha value is -0.100. The van der Waals surface area contributed by atoms with Crippen molar-refractivity contribution in [1.29, 1.82) is 0 Å². The number of halogens is 1. The van der Waals surface area contributed by atoms with Crippen LogP contribution in [0.3, 0.4) is 0 Å². The molecule has 0 aromatic heterocycles. The van der Waals surface area contributed by atoms with Crippen LogP contribution in [-0.4, -0.2) is 25.1 Å². The Morgan fingerprint density at radius 1 is 1.70 bits per heavy atom. The third-order valence-electron chi connectivity index (χ3n) is 1.06. The van der Waals surface area contributed by atoms with Crippen molar-refractivity contribution in [3.8, 4) is 0 Å². The van der Waals surface area contributed by atoms with Gasteiger partial charge in [-0.1, -0.05) is 22.6 Å². The predicted molar refractivity (Wildman–Crippen MR) is 47.6 cm³/mol. The van der Waals surface area contributed by atoms with E-state index in [2.05, 4.69) is 4.84 Å². The minimum absolute atomic E-state index is 0.114. The topological polar surface area (TPSA) is 29.5 Å². The second-order valence-electron chi connectivity index (χ2n) is 1.78. The Bertz CT molecular complexity index is 156. The fourth-order valence-electron chi connectivity index (χ4n) is 0.378. The van der Waals surface area contributed by atoms with Gasteiger partial charge in [-0.2, -0.15) is 0 Å². The van der Waals surface area contributed by atoms with Crippen molar-refractivity contribution in [1.82, 2.24) is 5.06 Å². The van der Waals surface area contributed by atoms with Gasteiger partial charge in [-0.05, 0) is 11.0 Å². The first-order chi connectivity index (χ1) is 4.63. The molecular formula is C6H10INO2. The first-order valence-electron chi connectivity index (χ1n) is 2.72. The molecule has 0 unspecified atom stereocenters. The summed E-state index contributed by atoms with van der Waals surface area (Å²) in [5.74, 6) is -0.114. The number of hydrogen-bond donors (Lipinski definition) is 0. The number of carbonyl (C=O) groups excluding carboxylic acids is 1. The van der Waals surface area contributed by atoms with Crippen LogP contribution in [0.15, 0.2) is 9.66 Å². The summed E-state index contributed by atoms with van der Waals surface area (Å²) in [4.78, 5) is 15.7. The van der Waals surface area contributed by atoms with Gasteiger partial charge in [0.15, 0.2) is 0 Å². The highest BCUT2D eigenvalue weighted by Crippen LogP contribution is 2.01. The number of hydroxylamine groups is 2. The Kier molecular flexibility index (Phi) is 4.63. The molecule has 0 saturated carbocycles. The van der Waals surface area contributed by atoms with Crippen molar-refractivity contribution in [2.75, 3.05) is 14.2 Å². The van der Waals surface area contributed by atoms with Crippen molar-refractivity contribution in [2.24, 2.45) is 0 Å². The summed E-state index contributed by atoms with van der Waals surface area (Å²) in [5.41, 5.74) is 0.671. The Morgan fingerprint density at radius 3 is 2.50 bits per heavy atom. The van der Waals surface area contributed by atoms with Crippen LogP contribution in [0.1, 0.15) is 6.92 Å². The zero-order valence-corrected chi connectivity index (χ0v) is 8.38. The number of nitrogens with zero attached hydrogens (tertiary/aromatic N) is 1. The molecule has 0 rings (SSSR count). The monoisotopic (exact) mass is 255 g/mol. The Morgan fingerprint density at radius 2 is 2.20 bits per heavy atom. The molecule has 10 heavy (non-hydrogen) atoms. The van der Waals surface area contributed by atoms with Crippen LogP contribution < -0.4 is 0 Å². The predicted octanol–water partition coefficient (Wildman–Crippen LogP) is 1.34. The lowest BCUT2D eigenvalue weighted by Gasteiger charge is -2.12. The molecule has 0 aromatic carbocycles. The third kappa shape index (κ3) is 2.66. The molecule has 0 atom stereocenters. The highest BCUT2D eigenvalue weighted by molar-refractivity contribution is 14.1. The average molecular weight is 255 g/mol. The highest BCUT2D eigenvalue weighted by atomic mass is 127. The minimum atomic E-state index is -0.114. The summed E-state index contributed by atoms with van der Waals surface area (Å²) in [6.45, 7) is 1.74. The molecule has 0 aliphatic heterocycles. The molecule has 0 saturated heterocycles. The Labute approximate surface area is 74.1 Å². The Balaban J connectivity index is 4.08. The van der Waals surface area contributed by atoms with Gasteiger partial charge in [0, 0.05) is 12.6 Å². The highest BCUT2D eigenvalue weighted by Gasteiger charge is 2.08. The molecular weight excluding hydrogens is 245 g/mol. The van der Waals surface area contributed by atoms with Crippen molar-refractivity contribution >= 4 is 28.5 Å². The molecule has 0 spiro atoms. The van der Waals surface area contributed by atoms with E-state index >= 15 is 0 Å². The normalized spacial score (nSPS) is 11.4. The summed E-state index contributed by atoms with van der Waals surface area (Å²) >= 11 is 2.01. The number of amides is 1. The molecule has 0 radical (unpaired) electrons. The van der Waals surface area contributed by atoms with Gasteiger partial charge in [-0.3, -0.25) is 9.63 Å². The van der Waals surface area contributed by atoms with Gasteiger partial charge in [0.05, 0.1) is 7.11 Å². The van der Waals surface area contributed by atoms with E-state index in [1.54, 1.807) is 18.1 Å². The lowest BCUT2D eigenvalue weighted by Crippen LogP contribution is -2.25. The van der Waals surface area contributed by atoms with Crippen molar-refractivity contribution < 1.29 is 9.63 Å². The largest absolute Gasteiger partial charge is 0.274 e. The molecule has 0 fully saturated rings. The molecule has 0 aliphatic rings. The van der Waals surface area contributed by atoms with Crippen molar-refractivity contribution in [3.63, 3.8) is 0 Å². The van der Waals surface area contributed by atoms with Crippen LogP contribution in [0, 0.1) is 0 Å². The van der Waals surface area contributed by atoms with Gasteiger partial charge >= 0.3 is 0 Å². The summed E-state index contributed by atoms with van der Waals surface area (Å²) in [6, 6.07) is 0. The number of likely N-dealkylation sites (N-methyl/N-ethyl adjacent to an activating group) is 1. The minimum Gasteiger partial charge on any atom is -0.274 e. The molecule has 4 heteroatoms. The maximum absolute atomic E-state index is 11.0. The fourth-order valence-corrected chi connectivity index (χ4v) is 0.644. The smallest absolute Gasteiger partial charge is 0.273 e. The molecule has 0 aromatic rings. The van der Waals surface area contributed by atoms with Gasteiger partial charge in [-0.25, -0.2) is 5.06 Å². The molecule has 0 N–H and O–H groups in total. The molecule has 0 bridgehead atoms. The first-order valence-corrected chi connectivity index (χ1v) is 3.97. The van der Waals surface area contributed by atoms with Gasteiger partial charge in [0.1, 0.15) is 0 Å². The van der Waals surface area contributed by atoms with Crippen LogP contribution in [0.2, 0.25) is 0 Å². The quantitative estimate of drug-likeness (QED) is 0.423. The van der Waals surface area contributed by atoms with E-state index in [0.29, 0.717) is 5.57 Å². The van der Waals surface area contributed by atoms with Crippen LogP contribution in [0.25, 0.3) is 0 Å². The standard InChI is InChI=1S/C6H10INO2/c1-5(4-7)6(9)8(2)10-3/h4H,1-3H3/b5-4+. The van der Waals surface area contributed by atoms with E-state index in [1.807, 2.05) is 22.6 Å². The van der Waals surface area contributed by atoms with Crippen LogP contribution >= 0.6 is 22.6 Å². The second-order valence-corrected chi connectivity index (χ2v) is 2.40. The van der Waals surface area contributed by atoms with E-state index < -0.39 is 0 Å². The molecule has 0 aliphatic carbocycles. The van der Waals surface area contributed by atoms with E-state index in [9.17, 15) is 4.79 Å². The van der Waals surface area contributed by atoms with E-state index in [0.717, 1.165) is 0 Å². The zero-order valence-electron chi connectivity index (χ0n) is 6.22. The van der Waals surface area contributed by atoms with E-state index in [1.165, 1.54) is 12.2 Å². The SMILES string of the molecule is CON(C)C(=O)/C(C)=C/I. The summed E-state index contributed by atoms with van der Waals surface area (Å²) < 4.78 is 1.72. The van der Waals surface area contributed by atoms with Gasteiger partial charge < -0.3 is 0 Å². The summed E-state index contributed by atoms with van der Waals surface area (Å²) in [7, 11) is 3.03. The van der Waals surface area contributed by atoms with Crippen LogP contribution in [-0.2, 0) is 9.63 Å². The second kappa shape index (κ2) is 4.68. The maximum Gasteiger partial charge on any atom is 0.273 e. The van der Waals surface area contributed by atoms with E-state index in [4.69, 9.17) is 0 Å². The lowest BCUT2D eigenvalue weighted by molar-refractivity contribution is -0.163. The molecule has 1 amide bonds. The lowest BCUT2D eigenvalue weighted by atomic mass is 10.3. The maximum atomic E-state index is 11.0. The van der Waals surface area contributed by atoms with Gasteiger partial charge in [0.2, 0.25) is 0 Å². The van der Waals surface area contributed by atoms with Crippen molar-refractivity contribution in [2.45, 2.75) is 6.92 Å². The zero-order chi connectivity index (χ0) is 8.15. The van der Waals surface area contributed by atoms with Gasteiger partial charge in [0.25, 0.3) is 5.91 Å². The molecule has 58 valence electrons. The van der Waals surface area contributed by atoms with E-state index in [-0.39, 0.29) is 5.91 Å². The van der Waals surface area contributed by atoms with Crippen LogP contribution in [0.5, 0.6) is 0 Å². The molecule has 3 nitrogen and oxygen atoms in total. The van der Waals surface area contributed by atoms with Crippen LogP contribution in [0.4, 0.5) is 0 Å². The number of rotatable bonds is 2. The number of hydrogen-bond acceptors (Lipinski definition) is 2. The van der Waals surface area contributed by atoms with Crippen molar-refractivity contribution in [3.05, 3.63) is 9.66 Å².